The Morgan fingerprint density at radius 1 is 0.630 bits per heavy atom. The Kier molecular flexibility index (Phi) is 7.45. The van der Waals surface area contributed by atoms with Crippen molar-refractivity contribution in [1.82, 2.24) is 0 Å². The highest BCUT2D eigenvalue weighted by atomic mass is 16.6. The molecule has 9 heteroatoms. The molecule has 0 fully saturated rings. The molecule has 0 atom stereocenters. The van der Waals surface area contributed by atoms with Gasteiger partial charge in [-0.25, -0.2) is 0 Å². The number of benzene rings is 2. The molecule has 0 aliphatic carbocycles. The molecule has 0 bridgehead atoms. The van der Waals surface area contributed by atoms with E-state index in [2.05, 4.69) is 0 Å². The third kappa shape index (κ3) is 4.69. The summed E-state index contributed by atoms with van der Waals surface area (Å²) in [5.41, 5.74) is 1.25. The van der Waals surface area contributed by atoms with Crippen molar-refractivity contribution in [2.45, 2.75) is 13.2 Å². The fourth-order valence-corrected chi connectivity index (χ4v) is 2.48. The van der Waals surface area contributed by atoms with E-state index < -0.39 is 0 Å². The van der Waals surface area contributed by atoms with Crippen molar-refractivity contribution in [2.24, 2.45) is 0 Å². The van der Waals surface area contributed by atoms with E-state index in [1.807, 2.05) is 0 Å². The zero-order valence-electron chi connectivity index (χ0n) is 15.8. The predicted octanol–water partition coefficient (Wildman–Crippen LogP) is 1.43. The normalized spacial score (nSPS) is 10.1. The van der Waals surface area contributed by atoms with Gasteiger partial charge in [0.2, 0.25) is 0 Å². The summed E-state index contributed by atoms with van der Waals surface area (Å²) < 4.78 is 32.6. The van der Waals surface area contributed by atoms with E-state index in [-0.39, 0.29) is 20.9 Å². The van der Waals surface area contributed by atoms with Crippen LogP contribution in [-0.2, 0) is 13.2 Å². The van der Waals surface area contributed by atoms with Crippen LogP contribution in [0, 0.1) is 0 Å². The Morgan fingerprint density at radius 2 is 0.926 bits per heavy atom. The highest BCUT2D eigenvalue weighted by Gasteiger charge is 2.18. The zero-order valence-corrected chi connectivity index (χ0v) is 15.8. The fourth-order valence-electron chi connectivity index (χ4n) is 2.48. The molecule has 146 valence electrons. The first-order chi connectivity index (χ1) is 13.1. The summed E-state index contributed by atoms with van der Waals surface area (Å²) in [6, 6.07) is 6.59. The van der Waals surface area contributed by atoms with E-state index in [0.29, 0.717) is 45.6 Å². The molecule has 2 aromatic carbocycles. The smallest absolute Gasteiger partial charge is 0.523 e. The van der Waals surface area contributed by atoms with E-state index in [1.54, 1.807) is 24.3 Å². The van der Waals surface area contributed by atoms with Crippen LogP contribution in [0.15, 0.2) is 24.3 Å². The largest absolute Gasteiger partial charge is 0.576 e. The molecular weight excluding hydrogens is 355 g/mol. The molecule has 2 N–H and O–H groups in total. The lowest BCUT2D eigenvalue weighted by Gasteiger charge is -2.18. The molecule has 0 aliphatic heterocycles. The maximum atomic E-state index is 9.33. The van der Waals surface area contributed by atoms with Gasteiger partial charge in [-0.3, -0.25) is 0 Å². The Balaban J connectivity index is 2.24. The lowest BCUT2D eigenvalue weighted by atomic mass is 10.1. The molecule has 0 saturated heterocycles. The third-order valence-corrected chi connectivity index (χ3v) is 3.81. The van der Waals surface area contributed by atoms with Crippen molar-refractivity contribution in [3.63, 3.8) is 0 Å². The second-order valence-corrected chi connectivity index (χ2v) is 5.38. The SMILES string of the molecule is COc1cc(CO)cc(OC)c1OBOc1c(OC)cc(CO)cc1OC. The maximum Gasteiger partial charge on any atom is 0.576 e. The predicted molar refractivity (Wildman–Crippen MR) is 99.3 cm³/mol. The second-order valence-electron chi connectivity index (χ2n) is 5.38. The molecule has 0 saturated carbocycles. The van der Waals surface area contributed by atoms with Crippen molar-refractivity contribution < 1.29 is 38.5 Å². The van der Waals surface area contributed by atoms with E-state index in [1.165, 1.54) is 28.4 Å². The molecule has 0 heterocycles. The quantitative estimate of drug-likeness (QED) is 0.600. The molecule has 0 radical (unpaired) electrons. The highest BCUT2D eigenvalue weighted by molar-refractivity contribution is 6.21. The first kappa shape index (κ1) is 20.5. The van der Waals surface area contributed by atoms with Crippen molar-refractivity contribution >= 4 is 7.69 Å². The van der Waals surface area contributed by atoms with Gasteiger partial charge >= 0.3 is 7.69 Å². The molecule has 0 aromatic heterocycles. The van der Waals surface area contributed by atoms with Crippen LogP contribution in [0.3, 0.4) is 0 Å². The molecule has 0 spiro atoms. The third-order valence-electron chi connectivity index (χ3n) is 3.81. The Bertz CT molecular complexity index is 652. The van der Waals surface area contributed by atoms with Gasteiger partial charge in [0.1, 0.15) is 0 Å². The number of aliphatic hydroxyl groups is 2. The van der Waals surface area contributed by atoms with E-state index in [9.17, 15) is 10.2 Å². The van der Waals surface area contributed by atoms with Crippen molar-refractivity contribution in [1.29, 1.82) is 0 Å². The monoisotopic (exact) mass is 378 g/mol. The van der Waals surface area contributed by atoms with E-state index in [0.717, 1.165) is 0 Å². The maximum absolute atomic E-state index is 9.33. The minimum Gasteiger partial charge on any atom is -0.523 e. The van der Waals surface area contributed by atoms with Gasteiger partial charge in [-0.05, 0) is 35.4 Å². The molecular formula is C18H23BO8. The number of aliphatic hydroxyl groups excluding tert-OH is 2. The summed E-state index contributed by atoms with van der Waals surface area (Å²) in [7, 11) is 5.77. The van der Waals surface area contributed by atoms with Gasteiger partial charge in [0.25, 0.3) is 0 Å². The number of hydrogen-bond acceptors (Lipinski definition) is 8. The first-order valence-electron chi connectivity index (χ1n) is 8.08. The molecule has 0 unspecified atom stereocenters. The van der Waals surface area contributed by atoms with Crippen LogP contribution in [-0.4, -0.2) is 46.3 Å². The summed E-state index contributed by atoms with van der Waals surface area (Å²) in [5, 5.41) is 18.7. The molecule has 0 aliphatic rings. The average Bonchev–Trinajstić information content (AvgIpc) is 2.72. The number of ether oxygens (including phenoxy) is 4. The van der Waals surface area contributed by atoms with E-state index >= 15 is 0 Å². The molecule has 2 aromatic rings. The lowest BCUT2D eigenvalue weighted by molar-refractivity contribution is 0.278. The zero-order chi connectivity index (χ0) is 19.8. The fraction of sp³-hybridized carbons (Fsp3) is 0.333. The highest BCUT2D eigenvalue weighted by Crippen LogP contribution is 2.40. The van der Waals surface area contributed by atoms with Crippen LogP contribution in [0.4, 0.5) is 0 Å². The van der Waals surface area contributed by atoms with Gasteiger partial charge in [-0.1, -0.05) is 0 Å². The minimum atomic E-state index is -0.184. The van der Waals surface area contributed by atoms with Gasteiger partial charge < -0.3 is 38.5 Å². The average molecular weight is 378 g/mol. The van der Waals surface area contributed by atoms with Gasteiger partial charge in [-0.15, -0.1) is 0 Å². The van der Waals surface area contributed by atoms with Crippen molar-refractivity contribution in [3.8, 4) is 34.5 Å². The van der Waals surface area contributed by atoms with Crippen molar-refractivity contribution in [3.05, 3.63) is 35.4 Å². The number of methoxy groups -OCH3 is 4. The topological polar surface area (TPSA) is 95.8 Å². The van der Waals surface area contributed by atoms with Gasteiger partial charge in [0.05, 0.1) is 41.7 Å². The molecule has 0 amide bonds. The number of hydrogen-bond donors (Lipinski definition) is 2. The molecule has 2 rings (SSSR count). The van der Waals surface area contributed by atoms with Crippen LogP contribution < -0.4 is 28.3 Å². The minimum absolute atomic E-state index is 0.158. The summed E-state index contributed by atoms with van der Waals surface area (Å²) in [5.74, 6) is 2.27. The lowest BCUT2D eigenvalue weighted by Crippen LogP contribution is -2.14. The Labute approximate surface area is 158 Å². The standard InChI is InChI=1S/C18H23BO8/c1-22-13-5-11(9-20)6-14(23-2)17(13)26-19-27-18-15(24-3)7-12(10-21)8-16(18)25-4/h5-8,19-21H,9-10H2,1-4H3. The van der Waals surface area contributed by atoms with E-state index in [4.69, 9.17) is 28.3 Å². The van der Waals surface area contributed by atoms with Crippen LogP contribution in [0.2, 0.25) is 0 Å². The summed E-state index contributed by atoms with van der Waals surface area (Å²) in [6.07, 6.45) is 0. The van der Waals surface area contributed by atoms with Crippen LogP contribution in [0.5, 0.6) is 34.5 Å². The summed E-state index contributed by atoms with van der Waals surface area (Å²) >= 11 is 0. The summed E-state index contributed by atoms with van der Waals surface area (Å²) in [4.78, 5) is 0. The first-order valence-corrected chi connectivity index (χ1v) is 8.08. The second kappa shape index (κ2) is 9.79. The molecule has 27 heavy (non-hydrogen) atoms. The van der Waals surface area contributed by atoms with Crippen LogP contribution >= 0.6 is 0 Å². The molecule has 8 nitrogen and oxygen atoms in total. The van der Waals surface area contributed by atoms with Gasteiger partial charge in [-0.2, -0.15) is 0 Å². The van der Waals surface area contributed by atoms with Crippen LogP contribution in [0.25, 0.3) is 0 Å². The summed E-state index contributed by atoms with van der Waals surface area (Å²) in [6.45, 7) is -0.315. The van der Waals surface area contributed by atoms with Gasteiger partial charge in [0.15, 0.2) is 34.5 Å². The van der Waals surface area contributed by atoms with Crippen LogP contribution in [0.1, 0.15) is 11.1 Å². The number of rotatable bonds is 10. The van der Waals surface area contributed by atoms with Crippen molar-refractivity contribution in [2.75, 3.05) is 28.4 Å². The Morgan fingerprint density at radius 3 is 1.15 bits per heavy atom. The Hall–Kier alpha value is -2.78. The van der Waals surface area contributed by atoms with Gasteiger partial charge in [0, 0.05) is 0 Å².